The maximum absolute atomic E-state index is 10.0. The smallest absolute Gasteiger partial charge is 0.119 e. The summed E-state index contributed by atoms with van der Waals surface area (Å²) in [5, 5.41) is 10.0. The molecule has 0 aliphatic heterocycles. The molecule has 0 aromatic heterocycles. The number of nitrogens with zero attached hydrogens (tertiary/aromatic N) is 1. The largest absolute Gasteiger partial charge is 0.491 e. The van der Waals surface area contributed by atoms with E-state index in [0.717, 1.165) is 17.7 Å². The van der Waals surface area contributed by atoms with E-state index in [9.17, 15) is 5.11 Å². The van der Waals surface area contributed by atoms with Gasteiger partial charge in [0.05, 0.1) is 0 Å². The van der Waals surface area contributed by atoms with E-state index in [2.05, 4.69) is 73.7 Å². The first-order valence-corrected chi connectivity index (χ1v) is 10.5. The summed E-state index contributed by atoms with van der Waals surface area (Å²) in [5.74, 6) is 0.765. The van der Waals surface area contributed by atoms with Gasteiger partial charge in [-0.3, -0.25) is 0 Å². The van der Waals surface area contributed by atoms with Gasteiger partial charge in [-0.05, 0) is 60.5 Å². The Bertz CT molecular complexity index is 932. The Hall–Kier alpha value is -2.88. The summed E-state index contributed by atoms with van der Waals surface area (Å²) in [4.78, 5) is 1.95. The Morgan fingerprint density at radius 1 is 0.800 bits per heavy atom. The molecule has 0 radical (unpaired) electrons. The lowest BCUT2D eigenvalue weighted by molar-refractivity contribution is 0.0831. The number of likely N-dealkylation sites (N-methyl/N-ethyl adjacent to an activating group) is 1. The van der Waals surface area contributed by atoms with Gasteiger partial charge in [-0.15, -0.1) is 0 Å². The first-order valence-electron chi connectivity index (χ1n) is 10.5. The highest BCUT2D eigenvalue weighted by Gasteiger charge is 2.13. The first kappa shape index (κ1) is 21.8. The van der Waals surface area contributed by atoms with Crippen LogP contribution in [0.5, 0.6) is 5.75 Å². The van der Waals surface area contributed by atoms with Gasteiger partial charge >= 0.3 is 0 Å². The average Bonchev–Trinajstić information content (AvgIpc) is 2.77. The van der Waals surface area contributed by atoms with Crippen LogP contribution < -0.4 is 4.74 Å². The van der Waals surface area contributed by atoms with Crippen molar-refractivity contribution >= 4 is 11.1 Å². The topological polar surface area (TPSA) is 32.7 Å². The van der Waals surface area contributed by atoms with Gasteiger partial charge in [0.15, 0.2) is 0 Å². The predicted octanol–water partition coefficient (Wildman–Crippen LogP) is 5.36. The molecule has 0 aliphatic carbocycles. The molecule has 30 heavy (non-hydrogen) atoms. The van der Waals surface area contributed by atoms with Gasteiger partial charge in [-0.25, -0.2) is 0 Å². The minimum atomic E-state index is -0.510. The van der Waals surface area contributed by atoms with Crippen molar-refractivity contribution in [2.45, 2.75) is 19.4 Å². The molecule has 0 saturated carbocycles. The Morgan fingerprint density at radius 3 is 1.87 bits per heavy atom. The van der Waals surface area contributed by atoms with Gasteiger partial charge in [0.25, 0.3) is 0 Å². The molecular weight excluding hydrogens is 370 g/mol. The number of benzene rings is 3. The fourth-order valence-corrected chi connectivity index (χ4v) is 3.67. The number of hydrogen-bond donors (Lipinski definition) is 1. The molecule has 0 spiro atoms. The van der Waals surface area contributed by atoms with E-state index in [1.165, 1.54) is 22.3 Å². The van der Waals surface area contributed by atoms with Gasteiger partial charge in [0.1, 0.15) is 18.5 Å². The van der Waals surface area contributed by atoms with E-state index in [4.69, 9.17) is 4.74 Å². The van der Waals surface area contributed by atoms with Gasteiger partial charge < -0.3 is 14.7 Å². The molecule has 3 aromatic carbocycles. The Labute approximate surface area is 180 Å². The van der Waals surface area contributed by atoms with E-state index >= 15 is 0 Å². The quantitative estimate of drug-likeness (QED) is 0.490. The highest BCUT2D eigenvalue weighted by molar-refractivity contribution is 5.98. The van der Waals surface area contributed by atoms with Crippen molar-refractivity contribution in [3.63, 3.8) is 0 Å². The normalized spacial score (nSPS) is 13.1. The molecule has 0 saturated heterocycles. The Balaban J connectivity index is 1.92. The van der Waals surface area contributed by atoms with Crippen molar-refractivity contribution in [1.82, 2.24) is 4.90 Å². The zero-order chi connectivity index (χ0) is 21.3. The highest BCUT2D eigenvalue weighted by atomic mass is 16.5. The molecule has 3 nitrogen and oxygen atoms in total. The fraction of sp³-hybridized carbons (Fsp3) is 0.259. The summed E-state index contributed by atoms with van der Waals surface area (Å²) in [6, 6.07) is 29.3. The summed E-state index contributed by atoms with van der Waals surface area (Å²) < 4.78 is 5.79. The van der Waals surface area contributed by atoms with Gasteiger partial charge in [-0.1, -0.05) is 79.7 Å². The van der Waals surface area contributed by atoms with Crippen LogP contribution in [0.15, 0.2) is 84.9 Å². The van der Waals surface area contributed by atoms with Crippen molar-refractivity contribution < 1.29 is 9.84 Å². The van der Waals surface area contributed by atoms with Crippen LogP contribution in [0.4, 0.5) is 0 Å². The zero-order valence-electron chi connectivity index (χ0n) is 18.1. The second-order valence-electron chi connectivity index (χ2n) is 7.69. The summed E-state index contributed by atoms with van der Waals surface area (Å²) >= 11 is 0. The van der Waals surface area contributed by atoms with Crippen molar-refractivity contribution in [1.29, 1.82) is 0 Å². The van der Waals surface area contributed by atoms with Crippen LogP contribution in [0, 0.1) is 0 Å². The highest BCUT2D eigenvalue weighted by Crippen LogP contribution is 2.34. The lowest BCUT2D eigenvalue weighted by Gasteiger charge is -2.18. The summed E-state index contributed by atoms with van der Waals surface area (Å²) in [7, 11) is 3.88. The van der Waals surface area contributed by atoms with E-state index in [-0.39, 0.29) is 6.61 Å². The molecule has 0 fully saturated rings. The molecule has 0 bridgehead atoms. The summed E-state index contributed by atoms with van der Waals surface area (Å²) in [5.41, 5.74) is 6.16. The summed E-state index contributed by atoms with van der Waals surface area (Å²) in [6.45, 7) is 3.06. The lowest BCUT2D eigenvalue weighted by atomic mass is 9.88. The van der Waals surface area contributed by atoms with Crippen molar-refractivity contribution in [2.24, 2.45) is 0 Å². The van der Waals surface area contributed by atoms with Crippen LogP contribution in [-0.4, -0.2) is 43.4 Å². The number of aliphatic hydroxyl groups is 1. The van der Waals surface area contributed by atoms with Crippen LogP contribution in [0.25, 0.3) is 11.1 Å². The molecule has 1 unspecified atom stereocenters. The van der Waals surface area contributed by atoms with Gasteiger partial charge in [-0.2, -0.15) is 0 Å². The molecule has 3 aromatic rings. The second-order valence-corrected chi connectivity index (χ2v) is 7.69. The predicted molar refractivity (Wildman–Crippen MR) is 126 cm³/mol. The number of rotatable bonds is 9. The standard InChI is InChI=1S/C27H31NO2/c1-4-26(21-11-7-5-8-12-21)27(22-13-9-6-10-14-22)23-15-17-25(18-16-23)30-20-24(29)19-28(2)3/h5-18,24,29H,4,19-20H2,1-3H3/b27-26-. The number of allylic oxidation sites excluding steroid dienone is 1. The number of ether oxygens (including phenoxy) is 1. The zero-order valence-corrected chi connectivity index (χ0v) is 18.1. The van der Waals surface area contributed by atoms with Gasteiger partial charge in [0.2, 0.25) is 0 Å². The first-order chi connectivity index (χ1) is 14.6. The Morgan fingerprint density at radius 2 is 1.33 bits per heavy atom. The molecule has 0 amide bonds. The molecule has 3 rings (SSSR count). The van der Waals surface area contributed by atoms with E-state index in [0.29, 0.717) is 6.54 Å². The average molecular weight is 402 g/mol. The molecule has 1 atom stereocenters. The molecular formula is C27H31NO2. The van der Waals surface area contributed by atoms with E-state index < -0.39 is 6.10 Å². The fourth-order valence-electron chi connectivity index (χ4n) is 3.67. The maximum Gasteiger partial charge on any atom is 0.119 e. The molecule has 0 heterocycles. The van der Waals surface area contributed by atoms with E-state index in [1.54, 1.807) is 0 Å². The van der Waals surface area contributed by atoms with Crippen LogP contribution in [0.3, 0.4) is 0 Å². The number of hydrogen-bond acceptors (Lipinski definition) is 3. The lowest BCUT2D eigenvalue weighted by Crippen LogP contribution is -2.30. The van der Waals surface area contributed by atoms with Crippen LogP contribution in [0.1, 0.15) is 30.0 Å². The number of aliphatic hydroxyl groups excluding tert-OH is 1. The third-order valence-corrected chi connectivity index (χ3v) is 5.00. The minimum Gasteiger partial charge on any atom is -0.491 e. The van der Waals surface area contributed by atoms with Crippen molar-refractivity contribution in [3.05, 3.63) is 102 Å². The maximum atomic E-state index is 10.0. The van der Waals surface area contributed by atoms with Crippen LogP contribution in [-0.2, 0) is 0 Å². The van der Waals surface area contributed by atoms with Crippen molar-refractivity contribution in [3.8, 4) is 5.75 Å². The molecule has 1 N–H and O–H groups in total. The summed E-state index contributed by atoms with van der Waals surface area (Å²) in [6.07, 6.45) is 0.424. The van der Waals surface area contributed by atoms with Gasteiger partial charge in [0, 0.05) is 6.54 Å². The monoisotopic (exact) mass is 401 g/mol. The van der Waals surface area contributed by atoms with Crippen LogP contribution in [0.2, 0.25) is 0 Å². The molecule has 0 aliphatic rings. The van der Waals surface area contributed by atoms with Crippen LogP contribution >= 0.6 is 0 Å². The minimum absolute atomic E-state index is 0.281. The molecule has 156 valence electrons. The molecule has 3 heteroatoms. The van der Waals surface area contributed by atoms with E-state index in [1.807, 2.05) is 37.2 Å². The van der Waals surface area contributed by atoms with Crippen molar-refractivity contribution in [2.75, 3.05) is 27.2 Å². The second kappa shape index (κ2) is 10.8. The third kappa shape index (κ3) is 5.82. The Kier molecular flexibility index (Phi) is 7.83. The third-order valence-electron chi connectivity index (χ3n) is 5.00. The SMILES string of the molecule is CC/C(=C(\c1ccccc1)c1ccc(OCC(O)CN(C)C)cc1)c1ccccc1.